The molecule has 26 heavy (non-hydrogen) atoms. The summed E-state index contributed by atoms with van der Waals surface area (Å²) < 4.78 is 17.3. The lowest BCUT2D eigenvalue weighted by molar-refractivity contribution is -0.138. The predicted molar refractivity (Wildman–Crippen MR) is 97.2 cm³/mol. The maximum absolute atomic E-state index is 6.16. The molecule has 6 heteroatoms. The SMILES string of the molecule is COc1ncccc1CN1CC2(C1)OCCC2CCOc1cccnc1. The second-order valence-electron chi connectivity index (χ2n) is 7.04. The Morgan fingerprint density at radius 1 is 1.27 bits per heavy atom. The average Bonchev–Trinajstić information content (AvgIpc) is 3.07. The zero-order valence-corrected chi connectivity index (χ0v) is 15.1. The molecular formula is C20H25N3O3. The second kappa shape index (κ2) is 7.60. The van der Waals surface area contributed by atoms with Crippen molar-refractivity contribution in [3.63, 3.8) is 0 Å². The molecule has 2 aromatic rings. The van der Waals surface area contributed by atoms with Gasteiger partial charge in [-0.05, 0) is 37.0 Å². The van der Waals surface area contributed by atoms with E-state index >= 15 is 0 Å². The summed E-state index contributed by atoms with van der Waals surface area (Å²) in [5.41, 5.74) is 1.12. The highest BCUT2D eigenvalue weighted by Gasteiger charge is 2.52. The molecule has 4 rings (SSSR count). The zero-order valence-electron chi connectivity index (χ0n) is 15.1. The molecule has 2 aliphatic heterocycles. The first-order chi connectivity index (χ1) is 12.8. The topological polar surface area (TPSA) is 56.7 Å². The Balaban J connectivity index is 1.29. The fourth-order valence-electron chi connectivity index (χ4n) is 4.09. The van der Waals surface area contributed by atoms with E-state index in [0.29, 0.717) is 18.4 Å². The van der Waals surface area contributed by atoms with Crippen LogP contribution in [0.1, 0.15) is 18.4 Å². The molecule has 2 fully saturated rings. The van der Waals surface area contributed by atoms with Gasteiger partial charge in [-0.2, -0.15) is 0 Å². The molecular weight excluding hydrogens is 330 g/mol. The average molecular weight is 355 g/mol. The van der Waals surface area contributed by atoms with Gasteiger partial charge >= 0.3 is 0 Å². The Kier molecular flexibility index (Phi) is 5.04. The lowest BCUT2D eigenvalue weighted by Crippen LogP contribution is -2.64. The van der Waals surface area contributed by atoms with Gasteiger partial charge in [0.25, 0.3) is 0 Å². The van der Waals surface area contributed by atoms with E-state index in [9.17, 15) is 0 Å². The van der Waals surface area contributed by atoms with Crippen LogP contribution in [-0.2, 0) is 11.3 Å². The van der Waals surface area contributed by atoms with Gasteiger partial charge in [0.05, 0.1) is 25.5 Å². The third-order valence-electron chi connectivity index (χ3n) is 5.39. The lowest BCUT2D eigenvalue weighted by Gasteiger charge is -2.50. The van der Waals surface area contributed by atoms with Crippen molar-refractivity contribution in [1.82, 2.24) is 14.9 Å². The summed E-state index contributed by atoms with van der Waals surface area (Å²) in [6.45, 7) is 4.33. The maximum Gasteiger partial charge on any atom is 0.217 e. The van der Waals surface area contributed by atoms with Crippen molar-refractivity contribution in [2.24, 2.45) is 5.92 Å². The van der Waals surface area contributed by atoms with Crippen molar-refractivity contribution in [3.8, 4) is 11.6 Å². The van der Waals surface area contributed by atoms with Crippen LogP contribution in [0.15, 0.2) is 42.9 Å². The molecule has 4 heterocycles. The number of nitrogens with zero attached hydrogens (tertiary/aromatic N) is 3. The molecule has 2 saturated heterocycles. The van der Waals surface area contributed by atoms with E-state index in [4.69, 9.17) is 14.2 Å². The monoisotopic (exact) mass is 355 g/mol. The number of rotatable bonds is 7. The molecule has 1 atom stereocenters. The number of hydrogen-bond donors (Lipinski definition) is 0. The van der Waals surface area contributed by atoms with Crippen molar-refractivity contribution < 1.29 is 14.2 Å². The maximum atomic E-state index is 6.16. The number of ether oxygens (including phenoxy) is 3. The predicted octanol–water partition coefficient (Wildman–Crippen LogP) is 2.55. The molecule has 6 nitrogen and oxygen atoms in total. The molecule has 0 N–H and O–H groups in total. The fraction of sp³-hybridized carbons (Fsp3) is 0.500. The van der Waals surface area contributed by atoms with Gasteiger partial charge < -0.3 is 14.2 Å². The summed E-state index contributed by atoms with van der Waals surface area (Å²) >= 11 is 0. The largest absolute Gasteiger partial charge is 0.492 e. The summed E-state index contributed by atoms with van der Waals surface area (Å²) in [6.07, 6.45) is 7.40. The Hall–Kier alpha value is -2.18. The molecule has 138 valence electrons. The minimum atomic E-state index is -0.00621. The number of likely N-dealkylation sites (tertiary alicyclic amines) is 1. The highest BCUT2D eigenvalue weighted by Crippen LogP contribution is 2.42. The standard InChI is InChI=1S/C20H25N3O3/c1-24-19-16(4-2-9-22-19)13-23-14-20(15-23)17(7-11-26-20)6-10-25-18-5-3-8-21-12-18/h2-5,8-9,12,17H,6-7,10-11,13-15H2,1H3. The number of aromatic nitrogens is 2. The van der Waals surface area contributed by atoms with E-state index in [-0.39, 0.29) is 5.60 Å². The normalized spacial score (nSPS) is 21.5. The van der Waals surface area contributed by atoms with Crippen molar-refractivity contribution in [1.29, 1.82) is 0 Å². The summed E-state index contributed by atoms with van der Waals surface area (Å²) in [5, 5.41) is 0. The Morgan fingerprint density at radius 2 is 2.15 bits per heavy atom. The van der Waals surface area contributed by atoms with Gasteiger partial charge in [-0.1, -0.05) is 6.07 Å². The van der Waals surface area contributed by atoms with Gasteiger partial charge in [0.1, 0.15) is 5.75 Å². The number of hydrogen-bond acceptors (Lipinski definition) is 6. The minimum Gasteiger partial charge on any atom is -0.492 e. The van der Waals surface area contributed by atoms with E-state index < -0.39 is 0 Å². The Bertz CT molecular complexity index is 719. The quantitative estimate of drug-likeness (QED) is 0.761. The zero-order chi connectivity index (χ0) is 17.8. The molecule has 0 radical (unpaired) electrons. The van der Waals surface area contributed by atoms with Gasteiger partial charge in [0.2, 0.25) is 5.88 Å². The molecule has 2 aromatic heterocycles. The third kappa shape index (κ3) is 3.52. The van der Waals surface area contributed by atoms with Crippen molar-refractivity contribution in [2.75, 3.05) is 33.4 Å². The van der Waals surface area contributed by atoms with Crippen LogP contribution in [0, 0.1) is 5.92 Å². The lowest BCUT2D eigenvalue weighted by atomic mass is 9.79. The van der Waals surface area contributed by atoms with E-state index in [2.05, 4.69) is 20.9 Å². The van der Waals surface area contributed by atoms with Crippen LogP contribution in [-0.4, -0.2) is 53.9 Å². The molecule has 1 unspecified atom stereocenters. The first-order valence-corrected chi connectivity index (χ1v) is 9.16. The smallest absolute Gasteiger partial charge is 0.217 e. The van der Waals surface area contributed by atoms with Crippen molar-refractivity contribution in [3.05, 3.63) is 48.4 Å². The highest BCUT2D eigenvalue weighted by atomic mass is 16.5. The van der Waals surface area contributed by atoms with E-state index in [1.54, 1.807) is 25.7 Å². The first-order valence-electron chi connectivity index (χ1n) is 9.16. The van der Waals surface area contributed by atoms with Gasteiger partial charge in [-0.25, -0.2) is 4.98 Å². The van der Waals surface area contributed by atoms with Gasteiger partial charge in [0.15, 0.2) is 0 Å². The molecule has 0 amide bonds. The molecule has 2 aliphatic rings. The van der Waals surface area contributed by atoms with Crippen molar-refractivity contribution in [2.45, 2.75) is 25.0 Å². The third-order valence-corrected chi connectivity index (χ3v) is 5.39. The van der Waals surface area contributed by atoms with E-state index in [1.807, 2.05) is 18.2 Å². The van der Waals surface area contributed by atoms with E-state index in [0.717, 1.165) is 50.4 Å². The highest BCUT2D eigenvalue weighted by molar-refractivity contribution is 5.26. The van der Waals surface area contributed by atoms with E-state index in [1.165, 1.54) is 0 Å². The van der Waals surface area contributed by atoms with Gasteiger partial charge in [0, 0.05) is 44.2 Å². The van der Waals surface area contributed by atoms with Crippen LogP contribution in [0.3, 0.4) is 0 Å². The molecule has 0 aliphatic carbocycles. The Morgan fingerprint density at radius 3 is 2.96 bits per heavy atom. The van der Waals surface area contributed by atoms with Crippen molar-refractivity contribution >= 4 is 0 Å². The molecule has 0 saturated carbocycles. The second-order valence-corrected chi connectivity index (χ2v) is 7.04. The Labute approximate surface area is 154 Å². The fourth-order valence-corrected chi connectivity index (χ4v) is 4.09. The number of pyridine rings is 2. The molecule has 0 bridgehead atoms. The van der Waals surface area contributed by atoms with Crippen LogP contribution in [0.2, 0.25) is 0 Å². The van der Waals surface area contributed by atoms with Crippen LogP contribution in [0.5, 0.6) is 11.6 Å². The summed E-state index contributed by atoms with van der Waals surface area (Å²) in [4.78, 5) is 10.8. The van der Waals surface area contributed by atoms with Crippen LogP contribution < -0.4 is 9.47 Å². The molecule has 0 aromatic carbocycles. The minimum absolute atomic E-state index is 0.00621. The molecule has 1 spiro atoms. The van der Waals surface area contributed by atoms with Crippen LogP contribution in [0.4, 0.5) is 0 Å². The summed E-state index contributed by atoms with van der Waals surface area (Å²) in [7, 11) is 1.67. The summed E-state index contributed by atoms with van der Waals surface area (Å²) in [5.74, 6) is 2.09. The van der Waals surface area contributed by atoms with Crippen LogP contribution >= 0.6 is 0 Å². The van der Waals surface area contributed by atoms with Crippen LogP contribution in [0.25, 0.3) is 0 Å². The summed E-state index contributed by atoms with van der Waals surface area (Å²) in [6, 6.07) is 7.87. The first kappa shape index (κ1) is 17.2. The van der Waals surface area contributed by atoms with Gasteiger partial charge in [-0.15, -0.1) is 0 Å². The number of methoxy groups -OCH3 is 1. The van der Waals surface area contributed by atoms with Gasteiger partial charge in [-0.3, -0.25) is 9.88 Å².